The minimum atomic E-state index is -0.108. The summed E-state index contributed by atoms with van der Waals surface area (Å²) in [6.07, 6.45) is 0. The largest absolute Gasteiger partial charge is 0.293 e. The third-order valence-electron chi connectivity index (χ3n) is 4.04. The van der Waals surface area contributed by atoms with Crippen LogP contribution in [0, 0.1) is 22.7 Å². The highest BCUT2D eigenvalue weighted by molar-refractivity contribution is 7.99. The molecule has 1 aromatic heterocycles. The molecule has 0 aliphatic rings. The molecule has 0 fully saturated rings. The van der Waals surface area contributed by atoms with Crippen LogP contribution < -0.4 is 10.7 Å². The quantitative estimate of drug-likeness (QED) is 0.507. The van der Waals surface area contributed by atoms with E-state index in [1.54, 1.807) is 24.3 Å². The molecular weight excluding hydrogens is 392 g/mol. The maximum absolute atomic E-state index is 12.4. The minimum Gasteiger partial charge on any atom is -0.293 e. The first kappa shape index (κ1) is 19.4. The SMILES string of the molecule is N#Cc1c(N)[nH+]c(SCC(=O)c2ccc(Cl)cc2)c(C#N)c1-c1ccccc1. The first-order valence-corrected chi connectivity index (χ1v) is 9.57. The number of aromatic nitrogens is 1. The number of nitrogen functional groups attached to an aromatic ring is 1. The summed E-state index contributed by atoms with van der Waals surface area (Å²) in [4.78, 5) is 15.3. The van der Waals surface area contributed by atoms with Crippen molar-refractivity contribution in [1.29, 1.82) is 10.5 Å². The lowest BCUT2D eigenvalue weighted by Gasteiger charge is -2.10. The molecule has 0 amide bonds. The van der Waals surface area contributed by atoms with E-state index in [1.165, 1.54) is 11.8 Å². The lowest BCUT2D eigenvalue weighted by Crippen LogP contribution is -2.19. The topological polar surface area (TPSA) is 105 Å². The Labute approximate surface area is 171 Å². The second-order valence-electron chi connectivity index (χ2n) is 5.80. The van der Waals surface area contributed by atoms with Gasteiger partial charge in [-0.05, 0) is 29.8 Å². The molecule has 0 saturated heterocycles. The Morgan fingerprint density at radius 1 is 1.04 bits per heavy atom. The number of Topliss-reactive ketones (excluding diaryl/α,β-unsaturated/α-hetero) is 1. The maximum Gasteiger partial charge on any atom is 0.289 e. The van der Waals surface area contributed by atoms with Gasteiger partial charge in [0.2, 0.25) is 0 Å². The van der Waals surface area contributed by atoms with Crippen LogP contribution >= 0.6 is 23.4 Å². The van der Waals surface area contributed by atoms with Gasteiger partial charge in [0.15, 0.2) is 10.8 Å². The average molecular weight is 406 g/mol. The Kier molecular flexibility index (Phi) is 5.96. The van der Waals surface area contributed by atoms with Gasteiger partial charge in [-0.25, -0.2) is 4.98 Å². The van der Waals surface area contributed by atoms with E-state index in [4.69, 9.17) is 17.3 Å². The number of anilines is 1. The Balaban J connectivity index is 1.99. The molecule has 3 rings (SSSR count). The van der Waals surface area contributed by atoms with Crippen LogP contribution in [0.5, 0.6) is 0 Å². The van der Waals surface area contributed by atoms with E-state index in [1.807, 2.05) is 30.3 Å². The molecule has 3 N–H and O–H groups in total. The third-order valence-corrected chi connectivity index (χ3v) is 5.30. The molecule has 0 aliphatic heterocycles. The smallest absolute Gasteiger partial charge is 0.289 e. The van der Waals surface area contributed by atoms with E-state index in [0.29, 0.717) is 26.7 Å². The first-order valence-electron chi connectivity index (χ1n) is 8.21. The average Bonchev–Trinajstić information content (AvgIpc) is 2.72. The third kappa shape index (κ3) is 3.99. The summed E-state index contributed by atoms with van der Waals surface area (Å²) in [6, 6.07) is 19.9. The lowest BCUT2D eigenvalue weighted by atomic mass is 9.97. The van der Waals surface area contributed by atoms with Gasteiger partial charge in [-0.15, -0.1) is 0 Å². The normalized spacial score (nSPS) is 10.1. The molecule has 0 spiro atoms. The number of hydrogen-bond donors (Lipinski definition) is 1. The van der Waals surface area contributed by atoms with Gasteiger partial charge in [0.25, 0.3) is 5.82 Å². The van der Waals surface area contributed by atoms with E-state index in [-0.39, 0.29) is 28.5 Å². The number of halogens is 1. The fourth-order valence-electron chi connectivity index (χ4n) is 2.70. The number of nitrogens with one attached hydrogen (secondary N) is 1. The van der Waals surface area contributed by atoms with Crippen LogP contribution in [-0.2, 0) is 0 Å². The molecule has 0 unspecified atom stereocenters. The number of hydrogen-bond acceptors (Lipinski definition) is 5. The molecule has 5 nitrogen and oxygen atoms in total. The van der Waals surface area contributed by atoms with Crippen molar-refractivity contribution >= 4 is 35.0 Å². The molecule has 2 aromatic carbocycles. The van der Waals surface area contributed by atoms with Crippen molar-refractivity contribution in [3.63, 3.8) is 0 Å². The Bertz CT molecular complexity index is 1120. The zero-order chi connectivity index (χ0) is 20.1. The molecule has 0 bridgehead atoms. The summed E-state index contributed by atoms with van der Waals surface area (Å²) < 4.78 is 0. The molecule has 0 saturated carbocycles. The summed E-state index contributed by atoms with van der Waals surface area (Å²) in [5.41, 5.74) is 8.22. The van der Waals surface area contributed by atoms with Gasteiger partial charge < -0.3 is 0 Å². The van der Waals surface area contributed by atoms with Crippen molar-refractivity contribution in [3.05, 3.63) is 76.3 Å². The van der Waals surface area contributed by atoms with Gasteiger partial charge in [0.05, 0.1) is 5.75 Å². The Morgan fingerprint density at radius 2 is 1.68 bits per heavy atom. The van der Waals surface area contributed by atoms with E-state index >= 15 is 0 Å². The summed E-state index contributed by atoms with van der Waals surface area (Å²) in [5, 5.41) is 20.3. The minimum absolute atomic E-state index is 0.104. The van der Waals surface area contributed by atoms with Crippen molar-refractivity contribution in [2.24, 2.45) is 0 Å². The van der Waals surface area contributed by atoms with Crippen molar-refractivity contribution in [2.75, 3.05) is 11.5 Å². The Hall–Kier alpha value is -3.32. The predicted octanol–water partition coefficient (Wildman–Crippen LogP) is 4.12. The number of nitriles is 2. The number of ketones is 1. The monoisotopic (exact) mass is 405 g/mol. The van der Waals surface area contributed by atoms with Gasteiger partial charge in [-0.3, -0.25) is 10.5 Å². The molecule has 1 heterocycles. The number of aromatic amines is 1. The maximum atomic E-state index is 12.4. The van der Waals surface area contributed by atoms with Crippen molar-refractivity contribution in [2.45, 2.75) is 5.03 Å². The molecule has 7 heteroatoms. The van der Waals surface area contributed by atoms with Gasteiger partial charge >= 0.3 is 0 Å². The fraction of sp³-hybridized carbons (Fsp3) is 0.0476. The van der Waals surface area contributed by atoms with E-state index in [9.17, 15) is 15.3 Å². The number of benzene rings is 2. The molecule has 28 heavy (non-hydrogen) atoms. The Morgan fingerprint density at radius 3 is 2.29 bits per heavy atom. The van der Waals surface area contributed by atoms with Gasteiger partial charge in [0, 0.05) is 16.1 Å². The second kappa shape index (κ2) is 8.58. The van der Waals surface area contributed by atoms with Crippen molar-refractivity contribution in [3.8, 4) is 23.3 Å². The standard InChI is InChI=1S/C21H13ClN4OS/c22-15-8-6-13(7-9-15)18(27)12-28-21-17(11-24)19(14-4-2-1-3-5-14)16(10-23)20(25)26-21/h1-9H,12H2,(H2,25,26)/p+1. The summed E-state index contributed by atoms with van der Waals surface area (Å²) in [6.45, 7) is 0. The van der Waals surface area contributed by atoms with Gasteiger partial charge in [-0.1, -0.05) is 53.7 Å². The highest BCUT2D eigenvalue weighted by Gasteiger charge is 2.24. The highest BCUT2D eigenvalue weighted by atomic mass is 35.5. The number of nitrogens with two attached hydrogens (primary N) is 1. The number of pyridine rings is 1. The van der Waals surface area contributed by atoms with Crippen LogP contribution in [0.4, 0.5) is 5.82 Å². The van der Waals surface area contributed by atoms with Crippen LogP contribution in [0.1, 0.15) is 21.5 Å². The molecule has 0 aliphatic carbocycles. The van der Waals surface area contributed by atoms with Gasteiger partial charge in [-0.2, -0.15) is 10.5 Å². The molecule has 3 aromatic rings. The fourth-order valence-corrected chi connectivity index (χ4v) is 3.74. The molecule has 0 radical (unpaired) electrons. The van der Waals surface area contributed by atoms with Crippen LogP contribution in [0.2, 0.25) is 5.02 Å². The molecular formula is C21H14ClN4OS+. The zero-order valence-corrected chi connectivity index (χ0v) is 16.1. The van der Waals surface area contributed by atoms with Crippen LogP contribution in [0.15, 0.2) is 59.6 Å². The van der Waals surface area contributed by atoms with E-state index in [2.05, 4.69) is 17.1 Å². The number of nitrogens with zero attached hydrogens (tertiary/aromatic N) is 2. The van der Waals surface area contributed by atoms with Crippen LogP contribution in [0.25, 0.3) is 11.1 Å². The number of rotatable bonds is 5. The molecule has 0 atom stereocenters. The zero-order valence-electron chi connectivity index (χ0n) is 14.6. The number of carbonyl (C=O) groups excluding carboxylic acids is 1. The molecule has 136 valence electrons. The number of carbonyl (C=O) groups is 1. The second-order valence-corrected chi connectivity index (χ2v) is 7.22. The van der Waals surface area contributed by atoms with Crippen LogP contribution in [-0.4, -0.2) is 11.5 Å². The summed E-state index contributed by atoms with van der Waals surface area (Å²) in [5.74, 6) is 0.150. The number of H-pyrrole nitrogens is 1. The predicted molar refractivity (Wildman–Crippen MR) is 109 cm³/mol. The van der Waals surface area contributed by atoms with Crippen molar-refractivity contribution in [1.82, 2.24) is 0 Å². The van der Waals surface area contributed by atoms with E-state index < -0.39 is 0 Å². The van der Waals surface area contributed by atoms with Crippen LogP contribution in [0.3, 0.4) is 0 Å². The van der Waals surface area contributed by atoms with E-state index in [0.717, 1.165) is 0 Å². The first-order chi connectivity index (χ1) is 13.5. The summed E-state index contributed by atoms with van der Waals surface area (Å²) in [7, 11) is 0. The number of thioether (sulfide) groups is 1. The highest BCUT2D eigenvalue weighted by Crippen LogP contribution is 2.33. The lowest BCUT2D eigenvalue weighted by molar-refractivity contribution is -0.410. The summed E-state index contributed by atoms with van der Waals surface area (Å²) >= 11 is 7.02. The van der Waals surface area contributed by atoms with Crippen molar-refractivity contribution < 1.29 is 9.78 Å². The van der Waals surface area contributed by atoms with Gasteiger partial charge in [0.1, 0.15) is 23.3 Å².